The van der Waals surface area contributed by atoms with Gasteiger partial charge in [-0.2, -0.15) is 0 Å². The van der Waals surface area contributed by atoms with Gasteiger partial charge in [-0.1, -0.05) is 13.8 Å². The minimum Gasteiger partial charge on any atom is -0.391 e. The summed E-state index contributed by atoms with van der Waals surface area (Å²) < 4.78 is 0. The summed E-state index contributed by atoms with van der Waals surface area (Å²) in [6.45, 7) is 6.69. The van der Waals surface area contributed by atoms with E-state index in [4.69, 9.17) is 0 Å². The summed E-state index contributed by atoms with van der Waals surface area (Å²) in [7, 11) is 0. The second-order valence-corrected chi connectivity index (χ2v) is 6.16. The van der Waals surface area contributed by atoms with Crippen molar-refractivity contribution in [2.24, 2.45) is 0 Å². The molecule has 1 aliphatic heterocycles. The minimum absolute atomic E-state index is 0.0412. The molecule has 2 heterocycles. The van der Waals surface area contributed by atoms with Gasteiger partial charge in [0.25, 0.3) is 0 Å². The van der Waals surface area contributed by atoms with E-state index in [1.54, 1.807) is 11.3 Å². The molecule has 0 radical (unpaired) electrons. The van der Waals surface area contributed by atoms with Crippen LogP contribution in [0.15, 0.2) is 11.7 Å². The molecule has 0 spiro atoms. The van der Waals surface area contributed by atoms with E-state index in [1.165, 1.54) is 17.7 Å². The van der Waals surface area contributed by atoms with Crippen LogP contribution in [0.2, 0.25) is 0 Å². The van der Waals surface area contributed by atoms with Crippen molar-refractivity contribution in [1.29, 1.82) is 0 Å². The Kier molecular flexibility index (Phi) is 4.76. The van der Waals surface area contributed by atoms with Gasteiger partial charge in [-0.15, -0.1) is 11.3 Å². The highest BCUT2D eigenvalue weighted by Crippen LogP contribution is 2.33. The second kappa shape index (κ2) is 6.13. The van der Waals surface area contributed by atoms with Crippen LogP contribution in [-0.2, 0) is 6.42 Å². The largest absolute Gasteiger partial charge is 0.391 e. The number of aliphatic hydroxyl groups is 1. The molecule has 18 heavy (non-hydrogen) atoms. The number of hydrogen-bond acceptors (Lipinski definition) is 4. The van der Waals surface area contributed by atoms with Crippen LogP contribution in [0.25, 0.3) is 0 Å². The molecule has 1 unspecified atom stereocenters. The molecule has 2 rings (SSSR count). The van der Waals surface area contributed by atoms with Gasteiger partial charge in [0, 0.05) is 23.0 Å². The summed E-state index contributed by atoms with van der Waals surface area (Å²) in [5, 5.41) is 10.7. The van der Waals surface area contributed by atoms with Crippen LogP contribution in [-0.4, -0.2) is 39.7 Å². The zero-order chi connectivity index (χ0) is 13.0. The Hall–Kier alpha value is -0.450. The Balaban J connectivity index is 2.12. The van der Waals surface area contributed by atoms with Crippen molar-refractivity contribution in [3.8, 4) is 0 Å². The Morgan fingerprint density at radius 3 is 2.56 bits per heavy atom. The molecule has 0 saturated carbocycles. The molecule has 0 aromatic carbocycles. The number of likely N-dealkylation sites (tertiary alicyclic amines) is 1. The Morgan fingerprint density at radius 1 is 1.39 bits per heavy atom. The van der Waals surface area contributed by atoms with Gasteiger partial charge in [0.05, 0.1) is 11.6 Å². The van der Waals surface area contributed by atoms with E-state index < -0.39 is 0 Å². The fraction of sp³-hybridized carbons (Fsp3) is 0.786. The third-order valence-electron chi connectivity index (χ3n) is 4.46. The fourth-order valence-electron chi connectivity index (χ4n) is 3.27. The van der Waals surface area contributed by atoms with Crippen LogP contribution >= 0.6 is 11.3 Å². The maximum atomic E-state index is 10.7. The van der Waals surface area contributed by atoms with Crippen molar-refractivity contribution in [3.63, 3.8) is 0 Å². The number of nitrogens with zero attached hydrogens (tertiary/aromatic N) is 2. The predicted molar refractivity (Wildman–Crippen MR) is 75.9 cm³/mol. The van der Waals surface area contributed by atoms with Crippen LogP contribution in [0.1, 0.15) is 44.4 Å². The first-order valence-corrected chi connectivity index (χ1v) is 7.91. The quantitative estimate of drug-likeness (QED) is 0.862. The summed E-state index contributed by atoms with van der Waals surface area (Å²) in [5.41, 5.74) is 1.80. The van der Waals surface area contributed by atoms with Gasteiger partial charge in [0.15, 0.2) is 0 Å². The highest BCUT2D eigenvalue weighted by molar-refractivity contribution is 7.09. The third-order valence-corrected chi connectivity index (χ3v) is 5.26. The molecule has 3 nitrogen and oxygen atoms in total. The van der Waals surface area contributed by atoms with Gasteiger partial charge in [0.2, 0.25) is 0 Å². The lowest BCUT2D eigenvalue weighted by atomic mass is 9.83. The van der Waals surface area contributed by atoms with Gasteiger partial charge in [-0.3, -0.25) is 9.88 Å². The molecule has 0 amide bonds. The van der Waals surface area contributed by atoms with Crippen molar-refractivity contribution >= 4 is 11.3 Å². The standard InChI is InChI=1S/C14H24N2OS/c1-3-14(4-2,16-7-5-6-8-16)13(17)9-12-10-15-11-18-12/h10-11,13,17H,3-9H2,1-2H3. The van der Waals surface area contributed by atoms with E-state index in [0.717, 1.165) is 32.4 Å². The number of thiazole rings is 1. The highest BCUT2D eigenvalue weighted by Gasteiger charge is 2.41. The molecule has 1 fully saturated rings. The normalized spacial score (nSPS) is 19.3. The van der Waals surface area contributed by atoms with E-state index in [0.29, 0.717) is 0 Å². The van der Waals surface area contributed by atoms with E-state index in [9.17, 15) is 5.11 Å². The summed E-state index contributed by atoms with van der Waals surface area (Å²) in [6, 6.07) is 0. The van der Waals surface area contributed by atoms with E-state index in [2.05, 4.69) is 23.7 Å². The summed E-state index contributed by atoms with van der Waals surface area (Å²) in [4.78, 5) is 7.80. The molecule has 1 saturated heterocycles. The predicted octanol–water partition coefficient (Wildman–Crippen LogP) is 2.70. The van der Waals surface area contributed by atoms with Crippen LogP contribution < -0.4 is 0 Å². The van der Waals surface area contributed by atoms with Gasteiger partial charge in [-0.25, -0.2) is 0 Å². The van der Waals surface area contributed by atoms with Crippen molar-refractivity contribution in [3.05, 3.63) is 16.6 Å². The first kappa shape index (κ1) is 14.0. The zero-order valence-electron chi connectivity index (χ0n) is 11.4. The molecule has 0 bridgehead atoms. The molecule has 1 N–H and O–H groups in total. The average molecular weight is 268 g/mol. The van der Waals surface area contributed by atoms with Gasteiger partial charge >= 0.3 is 0 Å². The average Bonchev–Trinajstić information content (AvgIpc) is 3.04. The summed E-state index contributed by atoms with van der Waals surface area (Å²) in [6.07, 6.45) is 6.92. The molecule has 0 aliphatic carbocycles. The van der Waals surface area contributed by atoms with Crippen molar-refractivity contribution in [2.75, 3.05) is 13.1 Å². The van der Waals surface area contributed by atoms with Gasteiger partial charge in [0.1, 0.15) is 0 Å². The number of hydrogen-bond donors (Lipinski definition) is 1. The molecular weight excluding hydrogens is 244 g/mol. The molecule has 1 atom stereocenters. The van der Waals surface area contributed by atoms with Crippen LogP contribution in [0.4, 0.5) is 0 Å². The number of rotatable bonds is 6. The Bertz CT molecular complexity index is 343. The molecule has 1 aromatic rings. The monoisotopic (exact) mass is 268 g/mol. The maximum Gasteiger partial charge on any atom is 0.0794 e. The Labute approximate surface area is 114 Å². The third kappa shape index (κ3) is 2.60. The second-order valence-electron chi connectivity index (χ2n) is 5.19. The smallest absolute Gasteiger partial charge is 0.0794 e. The zero-order valence-corrected chi connectivity index (χ0v) is 12.2. The first-order chi connectivity index (χ1) is 8.73. The van der Waals surface area contributed by atoms with E-state index in [1.807, 2.05) is 11.7 Å². The summed E-state index contributed by atoms with van der Waals surface area (Å²) in [5.74, 6) is 0. The van der Waals surface area contributed by atoms with Crippen molar-refractivity contribution in [2.45, 2.75) is 57.6 Å². The minimum atomic E-state index is -0.286. The molecule has 102 valence electrons. The van der Waals surface area contributed by atoms with Crippen LogP contribution in [0, 0.1) is 0 Å². The van der Waals surface area contributed by atoms with Gasteiger partial charge in [-0.05, 0) is 38.8 Å². The lowest BCUT2D eigenvalue weighted by molar-refractivity contribution is -0.0266. The fourth-order valence-corrected chi connectivity index (χ4v) is 3.90. The number of aliphatic hydroxyl groups excluding tert-OH is 1. The molecule has 1 aliphatic rings. The van der Waals surface area contributed by atoms with E-state index >= 15 is 0 Å². The van der Waals surface area contributed by atoms with Crippen molar-refractivity contribution in [1.82, 2.24) is 9.88 Å². The molecule has 4 heteroatoms. The first-order valence-electron chi connectivity index (χ1n) is 7.03. The van der Waals surface area contributed by atoms with Gasteiger partial charge < -0.3 is 5.11 Å². The Morgan fingerprint density at radius 2 is 2.06 bits per heavy atom. The van der Waals surface area contributed by atoms with Crippen LogP contribution in [0.5, 0.6) is 0 Å². The maximum absolute atomic E-state index is 10.7. The summed E-state index contributed by atoms with van der Waals surface area (Å²) >= 11 is 1.64. The van der Waals surface area contributed by atoms with Crippen LogP contribution in [0.3, 0.4) is 0 Å². The lowest BCUT2D eigenvalue weighted by Crippen LogP contribution is -2.55. The highest BCUT2D eigenvalue weighted by atomic mass is 32.1. The topological polar surface area (TPSA) is 36.4 Å². The molecular formula is C14H24N2OS. The SMILES string of the molecule is CCC(CC)(C(O)Cc1cncs1)N1CCCC1. The number of aromatic nitrogens is 1. The van der Waals surface area contributed by atoms with E-state index in [-0.39, 0.29) is 11.6 Å². The molecule has 1 aromatic heterocycles. The van der Waals surface area contributed by atoms with Crippen molar-refractivity contribution < 1.29 is 5.11 Å². The lowest BCUT2D eigenvalue weighted by Gasteiger charge is -2.44.